The van der Waals surface area contributed by atoms with Crippen LogP contribution < -0.4 is 0 Å². The number of rotatable bonds is 8. The van der Waals surface area contributed by atoms with Crippen molar-refractivity contribution >= 4 is 28.6 Å². The Morgan fingerprint density at radius 3 is 2.52 bits per heavy atom. The van der Waals surface area contributed by atoms with Crippen molar-refractivity contribution < 1.29 is 14.4 Å². The van der Waals surface area contributed by atoms with Gasteiger partial charge >= 0.3 is 0 Å². The van der Waals surface area contributed by atoms with E-state index >= 15 is 0 Å². The monoisotopic (exact) mass is 389 g/mol. The lowest BCUT2D eigenvalue weighted by Crippen LogP contribution is -2.52. The van der Waals surface area contributed by atoms with Crippen LogP contribution in [-0.2, 0) is 20.8 Å². The third kappa shape index (κ3) is 5.93. The fourth-order valence-corrected chi connectivity index (χ4v) is 4.12. The summed E-state index contributed by atoms with van der Waals surface area (Å²) >= 11 is 1.30. The van der Waals surface area contributed by atoms with Gasteiger partial charge in [-0.05, 0) is 44.1 Å². The van der Waals surface area contributed by atoms with Crippen LogP contribution >= 0.6 is 11.8 Å². The molecule has 1 amide bonds. The highest BCUT2D eigenvalue weighted by Gasteiger charge is 2.39. The first-order valence-corrected chi connectivity index (χ1v) is 10.9. The summed E-state index contributed by atoms with van der Waals surface area (Å²) < 4.78 is 0. The zero-order valence-electron chi connectivity index (χ0n) is 16.7. The lowest BCUT2D eigenvalue weighted by Gasteiger charge is -2.35. The molecule has 0 aliphatic carbocycles. The van der Waals surface area contributed by atoms with Gasteiger partial charge in [-0.2, -0.15) is 0 Å². The highest BCUT2D eigenvalue weighted by Crippen LogP contribution is 2.27. The molecule has 1 aliphatic rings. The van der Waals surface area contributed by atoms with E-state index < -0.39 is 17.4 Å². The number of nitrogens with zero attached hydrogens (tertiary/aromatic N) is 1. The molecule has 1 aliphatic heterocycles. The van der Waals surface area contributed by atoms with Gasteiger partial charge in [-0.1, -0.05) is 62.9 Å². The number of Topliss-reactive ketones (excluding diaryl/α,β-unsaturated/α-hetero) is 1. The molecule has 1 heterocycles. The largest absolute Gasteiger partial charge is 0.325 e. The lowest BCUT2D eigenvalue weighted by molar-refractivity contribution is -0.152. The Morgan fingerprint density at radius 2 is 1.85 bits per heavy atom. The molecule has 4 nitrogen and oxygen atoms in total. The zero-order valence-corrected chi connectivity index (χ0v) is 17.5. The van der Waals surface area contributed by atoms with E-state index in [0.29, 0.717) is 19.4 Å². The first-order chi connectivity index (χ1) is 12.9. The molecule has 1 aromatic carbocycles. The van der Waals surface area contributed by atoms with Crippen LogP contribution in [0.2, 0.25) is 0 Å². The number of hydrogen-bond acceptors (Lipinski definition) is 4. The number of aryl methyl sites for hydroxylation is 1. The quantitative estimate of drug-likeness (QED) is 0.492. The van der Waals surface area contributed by atoms with Crippen molar-refractivity contribution in [2.45, 2.75) is 65.3 Å². The van der Waals surface area contributed by atoms with E-state index in [1.54, 1.807) is 13.8 Å². The van der Waals surface area contributed by atoms with E-state index in [-0.39, 0.29) is 10.9 Å². The number of hydrogen-bond donors (Lipinski definition) is 0. The summed E-state index contributed by atoms with van der Waals surface area (Å²) in [5, 5.41) is 0.0261. The van der Waals surface area contributed by atoms with Gasteiger partial charge in [0, 0.05) is 17.7 Å². The number of carbonyl (C=O) groups is 3. The van der Waals surface area contributed by atoms with Gasteiger partial charge in [0.2, 0.25) is 10.9 Å². The molecule has 0 N–H and O–H groups in total. The molecular weight excluding hydrogens is 358 g/mol. The molecule has 1 unspecified atom stereocenters. The number of likely N-dealkylation sites (tertiary alicyclic amines) is 1. The van der Waals surface area contributed by atoms with Crippen LogP contribution in [0.1, 0.15) is 58.4 Å². The smallest absolute Gasteiger partial charge is 0.291 e. The standard InChI is InChI=1S/C22H31NO3S/c1-4-22(2,3)19(24)20(25)23-15-9-8-14-18(23)21(26)27-16-10-13-17-11-6-5-7-12-17/h5-7,11-12,18H,4,8-10,13-16H2,1-3H3. The van der Waals surface area contributed by atoms with Gasteiger partial charge in [0.25, 0.3) is 5.91 Å². The van der Waals surface area contributed by atoms with E-state index in [2.05, 4.69) is 12.1 Å². The Kier molecular flexibility index (Phi) is 8.08. The summed E-state index contributed by atoms with van der Waals surface area (Å²) in [6.45, 7) is 6.01. The van der Waals surface area contributed by atoms with Crippen molar-refractivity contribution in [3.8, 4) is 0 Å². The van der Waals surface area contributed by atoms with Crippen molar-refractivity contribution in [3.05, 3.63) is 35.9 Å². The lowest BCUT2D eigenvalue weighted by atomic mass is 9.84. The minimum atomic E-state index is -0.676. The Hall–Kier alpha value is -1.62. The molecule has 1 fully saturated rings. The van der Waals surface area contributed by atoms with Crippen molar-refractivity contribution in [2.24, 2.45) is 5.41 Å². The van der Waals surface area contributed by atoms with Crippen LogP contribution in [0, 0.1) is 5.41 Å². The van der Waals surface area contributed by atoms with E-state index in [1.807, 2.05) is 25.1 Å². The number of benzene rings is 1. The van der Waals surface area contributed by atoms with E-state index in [9.17, 15) is 14.4 Å². The third-order valence-electron chi connectivity index (χ3n) is 5.43. The summed E-state index contributed by atoms with van der Waals surface area (Å²) in [5.41, 5.74) is 0.595. The van der Waals surface area contributed by atoms with Crippen LogP contribution in [0.3, 0.4) is 0 Å². The van der Waals surface area contributed by atoms with Gasteiger partial charge in [-0.25, -0.2) is 0 Å². The Labute approximate surface area is 167 Å². The first kappa shape index (κ1) is 21.7. The van der Waals surface area contributed by atoms with Gasteiger partial charge in [0.15, 0.2) is 0 Å². The van der Waals surface area contributed by atoms with Gasteiger partial charge in [-0.3, -0.25) is 14.4 Å². The average molecular weight is 390 g/mol. The van der Waals surface area contributed by atoms with E-state index in [0.717, 1.165) is 31.4 Å². The van der Waals surface area contributed by atoms with Gasteiger partial charge in [-0.15, -0.1) is 0 Å². The van der Waals surface area contributed by atoms with Gasteiger partial charge < -0.3 is 4.90 Å². The maximum absolute atomic E-state index is 12.7. The van der Waals surface area contributed by atoms with Crippen molar-refractivity contribution in [1.29, 1.82) is 0 Å². The van der Waals surface area contributed by atoms with Crippen LogP contribution in [0.25, 0.3) is 0 Å². The second kappa shape index (κ2) is 10.1. The molecule has 1 atom stereocenters. The molecular formula is C22H31NO3S. The van der Waals surface area contributed by atoms with Crippen LogP contribution in [0.15, 0.2) is 30.3 Å². The first-order valence-electron chi connectivity index (χ1n) is 9.93. The van der Waals surface area contributed by atoms with Gasteiger partial charge in [0.05, 0.1) is 0 Å². The number of carbonyl (C=O) groups excluding carboxylic acids is 3. The second-order valence-electron chi connectivity index (χ2n) is 7.83. The summed E-state index contributed by atoms with van der Waals surface area (Å²) in [7, 11) is 0. The van der Waals surface area contributed by atoms with Crippen molar-refractivity contribution in [2.75, 3.05) is 12.3 Å². The minimum absolute atomic E-state index is 0.0261. The van der Waals surface area contributed by atoms with Gasteiger partial charge in [0.1, 0.15) is 6.04 Å². The minimum Gasteiger partial charge on any atom is -0.325 e. The maximum atomic E-state index is 12.7. The summed E-state index contributed by atoms with van der Waals surface area (Å²) in [6.07, 6.45) is 4.92. The van der Waals surface area contributed by atoms with E-state index in [4.69, 9.17) is 0 Å². The molecule has 1 saturated heterocycles. The normalized spacial score (nSPS) is 17.6. The Morgan fingerprint density at radius 1 is 1.15 bits per heavy atom. The fraction of sp³-hybridized carbons (Fsp3) is 0.591. The molecule has 0 radical (unpaired) electrons. The molecule has 0 spiro atoms. The second-order valence-corrected chi connectivity index (χ2v) is 8.93. The summed E-state index contributed by atoms with van der Waals surface area (Å²) in [5.74, 6) is -0.121. The molecule has 148 valence electrons. The van der Waals surface area contributed by atoms with Crippen molar-refractivity contribution in [3.63, 3.8) is 0 Å². The molecule has 5 heteroatoms. The molecule has 1 aromatic rings. The molecule has 0 saturated carbocycles. The molecule has 0 bridgehead atoms. The van der Waals surface area contributed by atoms with Crippen LogP contribution in [-0.4, -0.2) is 40.0 Å². The topological polar surface area (TPSA) is 54.5 Å². The Balaban J connectivity index is 1.90. The van der Waals surface area contributed by atoms with Crippen LogP contribution in [0.4, 0.5) is 0 Å². The highest BCUT2D eigenvalue weighted by atomic mass is 32.2. The summed E-state index contributed by atoms with van der Waals surface area (Å²) in [4.78, 5) is 39.6. The number of thioether (sulfide) groups is 1. The molecule has 0 aromatic heterocycles. The van der Waals surface area contributed by atoms with Crippen LogP contribution in [0.5, 0.6) is 0 Å². The predicted octanol–water partition coefficient (Wildman–Crippen LogP) is 4.27. The number of amides is 1. The third-order valence-corrected chi connectivity index (χ3v) is 6.47. The predicted molar refractivity (Wildman–Crippen MR) is 111 cm³/mol. The molecule has 27 heavy (non-hydrogen) atoms. The highest BCUT2D eigenvalue weighted by molar-refractivity contribution is 8.13. The Bertz CT molecular complexity index is 657. The number of ketones is 1. The fourth-order valence-electron chi connectivity index (χ4n) is 3.19. The maximum Gasteiger partial charge on any atom is 0.291 e. The molecule has 2 rings (SSSR count). The average Bonchev–Trinajstić information content (AvgIpc) is 2.70. The van der Waals surface area contributed by atoms with Crippen molar-refractivity contribution in [1.82, 2.24) is 4.90 Å². The zero-order chi connectivity index (χ0) is 19.9. The summed E-state index contributed by atoms with van der Waals surface area (Å²) in [6, 6.07) is 9.77. The van der Waals surface area contributed by atoms with E-state index in [1.165, 1.54) is 22.2 Å². The number of piperidine rings is 1. The SMILES string of the molecule is CCC(C)(C)C(=O)C(=O)N1CCCCC1C(=O)SCCCc1ccccc1.